The molecule has 0 bridgehead atoms. The molecule has 1 aliphatic heterocycles. The number of aliphatic hydroxyl groups is 1. The minimum atomic E-state index is -1.13. The van der Waals surface area contributed by atoms with E-state index >= 15 is 0 Å². The minimum Gasteiger partial charge on any atom is -0.388 e. The van der Waals surface area contributed by atoms with Crippen LogP contribution in [-0.4, -0.2) is 71.6 Å². The Balaban J connectivity index is 1.56. The van der Waals surface area contributed by atoms with Gasteiger partial charge in [0.2, 0.25) is 0 Å². The molecular formula is C23H37N5O2Si. The van der Waals surface area contributed by atoms with E-state index in [0.29, 0.717) is 12.6 Å². The molecule has 1 aliphatic rings. The average Bonchev–Trinajstić information content (AvgIpc) is 3.05. The van der Waals surface area contributed by atoms with Crippen molar-refractivity contribution in [2.45, 2.75) is 52.5 Å². The third-order valence-electron chi connectivity index (χ3n) is 5.57. The molecule has 1 saturated heterocycles. The molecule has 31 heavy (non-hydrogen) atoms. The first-order valence-electron chi connectivity index (χ1n) is 11.2. The molecule has 3 rings (SSSR count). The third-order valence-corrected chi connectivity index (χ3v) is 7.27. The zero-order valence-corrected chi connectivity index (χ0v) is 20.4. The summed E-state index contributed by atoms with van der Waals surface area (Å²) in [7, 11) is -1.13. The summed E-state index contributed by atoms with van der Waals surface area (Å²) in [6, 6.07) is 11.7. The number of aromatic nitrogens is 2. The van der Waals surface area contributed by atoms with Crippen molar-refractivity contribution in [3.63, 3.8) is 0 Å². The van der Waals surface area contributed by atoms with Gasteiger partial charge < -0.3 is 14.4 Å². The van der Waals surface area contributed by atoms with E-state index in [1.165, 1.54) is 5.56 Å². The van der Waals surface area contributed by atoms with Gasteiger partial charge >= 0.3 is 0 Å². The Morgan fingerprint density at radius 1 is 1.13 bits per heavy atom. The largest absolute Gasteiger partial charge is 0.388 e. The average molecular weight is 444 g/mol. The number of nitrogens with zero attached hydrogens (tertiary/aromatic N) is 5. The van der Waals surface area contributed by atoms with Crippen molar-refractivity contribution in [3.8, 4) is 0 Å². The van der Waals surface area contributed by atoms with Crippen LogP contribution in [0.2, 0.25) is 25.7 Å². The number of benzene rings is 1. The highest BCUT2D eigenvalue weighted by Gasteiger charge is 2.17. The normalized spacial score (nSPS) is 15.8. The lowest BCUT2D eigenvalue weighted by molar-refractivity contribution is 0.0813. The van der Waals surface area contributed by atoms with Gasteiger partial charge in [0.15, 0.2) is 0 Å². The van der Waals surface area contributed by atoms with E-state index < -0.39 is 8.07 Å². The molecule has 0 amide bonds. The molecule has 0 radical (unpaired) electrons. The molecule has 0 unspecified atom stereocenters. The van der Waals surface area contributed by atoms with Gasteiger partial charge in [-0.05, 0) is 18.5 Å². The molecule has 0 aliphatic carbocycles. The smallest absolute Gasteiger partial charge is 0.137 e. The summed E-state index contributed by atoms with van der Waals surface area (Å²) in [4.78, 5) is 6.97. The van der Waals surface area contributed by atoms with E-state index in [1.54, 1.807) is 0 Å². The fourth-order valence-electron chi connectivity index (χ4n) is 3.60. The van der Waals surface area contributed by atoms with Gasteiger partial charge in [0.05, 0.1) is 17.6 Å². The first-order chi connectivity index (χ1) is 14.9. The summed E-state index contributed by atoms with van der Waals surface area (Å²) in [5.41, 5.74) is 3.12. The fourth-order valence-corrected chi connectivity index (χ4v) is 4.35. The predicted octanol–water partition coefficient (Wildman–Crippen LogP) is 3.15. The van der Waals surface area contributed by atoms with Gasteiger partial charge in [0.1, 0.15) is 19.2 Å². The number of imidazole rings is 1. The van der Waals surface area contributed by atoms with Gasteiger partial charge in [0, 0.05) is 47.4 Å². The maximum Gasteiger partial charge on any atom is 0.137 e. The Labute approximate surface area is 187 Å². The SMILES string of the molecule is Cc1nc(CO)n(COCC[Si](C)(C)C)c1/C=N/N1CCN(Cc2ccccc2)CC1. The molecule has 0 atom stereocenters. The van der Waals surface area contributed by atoms with Crippen LogP contribution in [0, 0.1) is 6.92 Å². The molecule has 170 valence electrons. The van der Waals surface area contributed by atoms with Crippen molar-refractivity contribution in [1.82, 2.24) is 19.5 Å². The van der Waals surface area contributed by atoms with E-state index in [9.17, 15) is 5.11 Å². The third kappa shape index (κ3) is 7.28. The van der Waals surface area contributed by atoms with Crippen molar-refractivity contribution in [2.24, 2.45) is 5.10 Å². The lowest BCUT2D eigenvalue weighted by atomic mass is 10.2. The van der Waals surface area contributed by atoms with Gasteiger partial charge in [-0.2, -0.15) is 5.10 Å². The lowest BCUT2D eigenvalue weighted by Gasteiger charge is -2.33. The van der Waals surface area contributed by atoms with Crippen LogP contribution in [-0.2, 0) is 24.6 Å². The van der Waals surface area contributed by atoms with Crippen LogP contribution >= 0.6 is 0 Å². The molecular weight excluding hydrogens is 406 g/mol. The first-order valence-corrected chi connectivity index (χ1v) is 14.9. The number of hydrogen-bond acceptors (Lipinski definition) is 6. The molecule has 7 nitrogen and oxygen atoms in total. The van der Waals surface area contributed by atoms with Crippen LogP contribution < -0.4 is 0 Å². The zero-order chi connectivity index (χ0) is 22.3. The highest BCUT2D eigenvalue weighted by Crippen LogP contribution is 2.13. The lowest BCUT2D eigenvalue weighted by Crippen LogP contribution is -2.43. The van der Waals surface area contributed by atoms with E-state index in [0.717, 1.165) is 56.8 Å². The Hall–Kier alpha value is -2.00. The number of hydrogen-bond donors (Lipinski definition) is 1. The maximum atomic E-state index is 9.72. The Morgan fingerprint density at radius 3 is 2.48 bits per heavy atom. The van der Waals surface area contributed by atoms with Crippen LogP contribution in [0.5, 0.6) is 0 Å². The van der Waals surface area contributed by atoms with E-state index in [-0.39, 0.29) is 6.61 Å². The van der Waals surface area contributed by atoms with Crippen LogP contribution in [0.15, 0.2) is 35.4 Å². The van der Waals surface area contributed by atoms with Gasteiger partial charge in [-0.25, -0.2) is 4.98 Å². The molecule has 8 heteroatoms. The predicted molar refractivity (Wildman–Crippen MR) is 128 cm³/mol. The second kappa shape index (κ2) is 11.0. The molecule has 1 aromatic carbocycles. The number of rotatable bonds is 10. The van der Waals surface area contributed by atoms with Crippen LogP contribution in [0.4, 0.5) is 0 Å². The second-order valence-electron chi connectivity index (χ2n) is 9.39. The second-order valence-corrected chi connectivity index (χ2v) is 15.0. The van der Waals surface area contributed by atoms with E-state index in [1.807, 2.05) is 17.7 Å². The highest BCUT2D eigenvalue weighted by molar-refractivity contribution is 6.76. The van der Waals surface area contributed by atoms with Gasteiger partial charge in [0.25, 0.3) is 0 Å². The molecule has 2 heterocycles. The molecule has 1 aromatic heterocycles. The quantitative estimate of drug-likeness (QED) is 0.347. The minimum absolute atomic E-state index is 0.107. The Bertz CT molecular complexity index is 840. The van der Waals surface area contributed by atoms with Crippen molar-refractivity contribution >= 4 is 14.3 Å². The number of aliphatic hydroxyl groups excluding tert-OH is 1. The van der Waals surface area contributed by atoms with Gasteiger partial charge in [-0.1, -0.05) is 50.0 Å². The summed E-state index contributed by atoms with van der Waals surface area (Å²) in [6.45, 7) is 14.8. The summed E-state index contributed by atoms with van der Waals surface area (Å²) in [5.74, 6) is 0.625. The fraction of sp³-hybridized carbons (Fsp3) is 0.565. The molecule has 2 aromatic rings. The van der Waals surface area contributed by atoms with Crippen LogP contribution in [0.3, 0.4) is 0 Å². The molecule has 1 fully saturated rings. The number of ether oxygens (including phenoxy) is 1. The molecule has 1 N–H and O–H groups in total. The summed E-state index contributed by atoms with van der Waals surface area (Å²) >= 11 is 0. The van der Waals surface area contributed by atoms with Crippen molar-refractivity contribution < 1.29 is 9.84 Å². The Kier molecular flexibility index (Phi) is 8.42. The molecule has 0 spiro atoms. The standard InChI is InChI=1S/C23H37N5O2Si/c1-20-22(28(23(18-29)25-20)19-30-14-15-31(2,3)4)16-24-27-12-10-26(11-13-27)17-21-8-6-5-7-9-21/h5-9,16,29H,10-15,17-19H2,1-4H3/b24-16+. The number of hydrazone groups is 1. The monoisotopic (exact) mass is 443 g/mol. The highest BCUT2D eigenvalue weighted by atomic mass is 28.3. The molecule has 0 saturated carbocycles. The van der Waals surface area contributed by atoms with E-state index in [2.05, 4.69) is 64.9 Å². The summed E-state index contributed by atoms with van der Waals surface area (Å²) in [5, 5.41) is 16.6. The van der Waals surface area contributed by atoms with Crippen LogP contribution in [0.25, 0.3) is 0 Å². The van der Waals surface area contributed by atoms with Crippen molar-refractivity contribution in [2.75, 3.05) is 32.8 Å². The van der Waals surface area contributed by atoms with Crippen molar-refractivity contribution in [1.29, 1.82) is 0 Å². The Morgan fingerprint density at radius 2 is 1.84 bits per heavy atom. The van der Waals surface area contributed by atoms with E-state index in [4.69, 9.17) is 9.84 Å². The number of piperazine rings is 1. The van der Waals surface area contributed by atoms with Gasteiger partial charge in [-0.3, -0.25) is 9.91 Å². The number of aryl methyl sites for hydroxylation is 1. The summed E-state index contributed by atoms with van der Waals surface area (Å²) in [6.07, 6.45) is 1.87. The topological polar surface area (TPSA) is 66.1 Å². The zero-order valence-electron chi connectivity index (χ0n) is 19.4. The van der Waals surface area contributed by atoms with Gasteiger partial charge in [-0.15, -0.1) is 0 Å². The van der Waals surface area contributed by atoms with Crippen LogP contribution in [0.1, 0.15) is 22.8 Å². The summed E-state index contributed by atoms with van der Waals surface area (Å²) < 4.78 is 7.86. The first kappa shape index (κ1) is 23.7. The maximum absolute atomic E-state index is 9.72. The van der Waals surface area contributed by atoms with Crippen molar-refractivity contribution in [3.05, 3.63) is 53.1 Å².